The Morgan fingerprint density at radius 1 is 1.00 bits per heavy atom. The normalized spacial score (nSPS) is 10.3. The minimum Gasteiger partial charge on any atom is -0.205 e. The van der Waals surface area contributed by atoms with Crippen LogP contribution in [0.4, 0.5) is 0 Å². The zero-order valence-corrected chi connectivity index (χ0v) is 8.02. The van der Waals surface area contributed by atoms with E-state index in [0.29, 0.717) is 0 Å². The first-order valence-corrected chi connectivity index (χ1v) is 3.97. The van der Waals surface area contributed by atoms with Crippen LogP contribution in [-0.4, -0.2) is 0 Å². The highest BCUT2D eigenvalue weighted by Gasteiger charge is 2.09. The van der Waals surface area contributed by atoms with Crippen LogP contribution < -0.4 is 4.57 Å². The van der Waals surface area contributed by atoms with Crippen molar-refractivity contribution in [1.29, 1.82) is 0 Å². The van der Waals surface area contributed by atoms with Gasteiger partial charge in [-0.05, 0) is 26.3 Å². The summed E-state index contributed by atoms with van der Waals surface area (Å²) in [7, 11) is 2.09. The Bertz CT molecular complexity index is 261. The molecule has 1 heterocycles. The molecule has 0 fully saturated rings. The molecule has 0 atom stereocenters. The summed E-state index contributed by atoms with van der Waals surface area (Å²) in [6, 6.07) is 0. The summed E-state index contributed by atoms with van der Waals surface area (Å²) in [5.74, 6) is 0. The summed E-state index contributed by atoms with van der Waals surface area (Å²) < 4.78 is 2.18. The lowest BCUT2D eigenvalue weighted by Gasteiger charge is -2.04. The molecule has 0 saturated heterocycles. The van der Waals surface area contributed by atoms with Crippen molar-refractivity contribution in [2.24, 2.45) is 7.05 Å². The number of hydrogen-bond donors (Lipinski definition) is 0. The van der Waals surface area contributed by atoms with E-state index in [4.69, 9.17) is 0 Å². The molecule has 0 aliphatic carbocycles. The van der Waals surface area contributed by atoms with Crippen LogP contribution in [0.15, 0.2) is 6.20 Å². The average Bonchev–Trinajstić information content (AvgIpc) is 1.97. The van der Waals surface area contributed by atoms with Crippen molar-refractivity contribution in [1.82, 2.24) is 0 Å². The number of aryl methyl sites for hydroxylation is 2. The molecule has 1 nitrogen and oxygen atoms in total. The first kappa shape index (κ1) is 8.25. The van der Waals surface area contributed by atoms with Gasteiger partial charge in [-0.25, -0.2) is 4.57 Å². The second-order valence-electron chi connectivity index (χ2n) is 3.26. The average molecular weight is 150 g/mol. The molecule has 0 amide bonds. The van der Waals surface area contributed by atoms with Gasteiger partial charge in [-0.3, -0.25) is 0 Å². The summed E-state index contributed by atoms with van der Waals surface area (Å²) in [6.07, 6.45) is 2.18. The zero-order chi connectivity index (χ0) is 8.59. The minimum atomic E-state index is 1.35. The standard InChI is InChI=1S/C10H16N/c1-7-6-11(5)10(4)9(3)8(7)2/h6H,1-5H3/q+1. The van der Waals surface area contributed by atoms with Crippen molar-refractivity contribution < 1.29 is 4.57 Å². The summed E-state index contributed by atoms with van der Waals surface area (Å²) >= 11 is 0. The highest BCUT2D eigenvalue weighted by Crippen LogP contribution is 2.11. The maximum atomic E-state index is 2.18. The first-order chi connectivity index (χ1) is 5.04. The first-order valence-electron chi connectivity index (χ1n) is 3.97. The molecule has 1 heteroatoms. The Hall–Kier alpha value is -0.850. The van der Waals surface area contributed by atoms with Gasteiger partial charge >= 0.3 is 0 Å². The van der Waals surface area contributed by atoms with Crippen molar-refractivity contribution >= 4 is 0 Å². The molecule has 0 N–H and O–H groups in total. The molecule has 0 unspecified atom stereocenters. The summed E-state index contributed by atoms with van der Waals surface area (Å²) in [6.45, 7) is 8.67. The Morgan fingerprint density at radius 3 is 2.09 bits per heavy atom. The van der Waals surface area contributed by atoms with E-state index in [1.807, 2.05) is 0 Å². The molecule has 0 aliphatic heterocycles. The Morgan fingerprint density at radius 2 is 1.55 bits per heavy atom. The van der Waals surface area contributed by atoms with Gasteiger partial charge in [-0.1, -0.05) is 0 Å². The van der Waals surface area contributed by atoms with Crippen molar-refractivity contribution in [2.45, 2.75) is 27.7 Å². The van der Waals surface area contributed by atoms with Gasteiger partial charge in [0.2, 0.25) is 0 Å². The zero-order valence-electron chi connectivity index (χ0n) is 8.02. The monoisotopic (exact) mass is 150 g/mol. The summed E-state index contributed by atoms with van der Waals surface area (Å²) in [5.41, 5.74) is 5.55. The summed E-state index contributed by atoms with van der Waals surface area (Å²) in [5, 5.41) is 0. The van der Waals surface area contributed by atoms with Crippen molar-refractivity contribution in [3.63, 3.8) is 0 Å². The molecule has 1 aromatic rings. The number of pyridine rings is 1. The molecule has 0 bridgehead atoms. The lowest BCUT2D eigenvalue weighted by atomic mass is 10.1. The topological polar surface area (TPSA) is 3.88 Å². The highest BCUT2D eigenvalue weighted by molar-refractivity contribution is 5.29. The quantitative estimate of drug-likeness (QED) is 0.496. The van der Waals surface area contributed by atoms with Gasteiger partial charge in [0.05, 0.1) is 0 Å². The smallest absolute Gasteiger partial charge is 0.181 e. The second kappa shape index (κ2) is 2.65. The fraction of sp³-hybridized carbons (Fsp3) is 0.500. The van der Waals surface area contributed by atoms with Crippen LogP contribution in [0.2, 0.25) is 0 Å². The van der Waals surface area contributed by atoms with E-state index in [-0.39, 0.29) is 0 Å². The molecule has 0 saturated carbocycles. The lowest BCUT2D eigenvalue weighted by molar-refractivity contribution is -0.678. The van der Waals surface area contributed by atoms with Gasteiger partial charge in [0.25, 0.3) is 0 Å². The molecule has 1 aromatic heterocycles. The van der Waals surface area contributed by atoms with E-state index in [1.165, 1.54) is 22.4 Å². The summed E-state index contributed by atoms with van der Waals surface area (Å²) in [4.78, 5) is 0. The van der Waals surface area contributed by atoms with Crippen LogP contribution >= 0.6 is 0 Å². The van der Waals surface area contributed by atoms with E-state index < -0.39 is 0 Å². The lowest BCUT2D eigenvalue weighted by Crippen LogP contribution is -2.33. The van der Waals surface area contributed by atoms with E-state index >= 15 is 0 Å². The highest BCUT2D eigenvalue weighted by atomic mass is 14.9. The van der Waals surface area contributed by atoms with Gasteiger partial charge in [0.1, 0.15) is 7.05 Å². The SMILES string of the molecule is Cc1c[n+](C)c(C)c(C)c1C. The number of rotatable bonds is 0. The third-order valence-corrected chi connectivity index (χ3v) is 2.61. The van der Waals surface area contributed by atoms with Crippen molar-refractivity contribution in [2.75, 3.05) is 0 Å². The van der Waals surface area contributed by atoms with Crippen LogP contribution in [0, 0.1) is 27.7 Å². The minimum absolute atomic E-state index is 1.35. The molecule has 0 radical (unpaired) electrons. The van der Waals surface area contributed by atoms with Gasteiger partial charge in [-0.2, -0.15) is 0 Å². The molecular formula is C10H16N+. The van der Waals surface area contributed by atoms with Gasteiger partial charge in [0, 0.05) is 18.1 Å². The van der Waals surface area contributed by atoms with Gasteiger partial charge in [-0.15, -0.1) is 0 Å². The second-order valence-corrected chi connectivity index (χ2v) is 3.26. The molecule has 60 valence electrons. The maximum Gasteiger partial charge on any atom is 0.181 e. The number of aromatic nitrogens is 1. The third-order valence-electron chi connectivity index (χ3n) is 2.61. The molecular weight excluding hydrogens is 134 g/mol. The van der Waals surface area contributed by atoms with Crippen LogP contribution in [0.25, 0.3) is 0 Å². The Balaban J connectivity index is 3.46. The largest absolute Gasteiger partial charge is 0.205 e. The predicted molar refractivity (Wildman–Crippen MR) is 46.6 cm³/mol. The van der Waals surface area contributed by atoms with E-state index in [0.717, 1.165) is 0 Å². The predicted octanol–water partition coefficient (Wildman–Crippen LogP) is 1.74. The molecule has 0 aromatic carbocycles. The van der Waals surface area contributed by atoms with Crippen LogP contribution in [0.1, 0.15) is 22.4 Å². The van der Waals surface area contributed by atoms with E-state index in [2.05, 4.69) is 45.5 Å². The van der Waals surface area contributed by atoms with E-state index in [1.54, 1.807) is 0 Å². The van der Waals surface area contributed by atoms with Crippen LogP contribution in [-0.2, 0) is 7.05 Å². The van der Waals surface area contributed by atoms with Gasteiger partial charge in [0.15, 0.2) is 11.9 Å². The molecule has 1 rings (SSSR count). The molecule has 0 aliphatic rings. The maximum absolute atomic E-state index is 2.18. The van der Waals surface area contributed by atoms with E-state index in [9.17, 15) is 0 Å². The Kier molecular flexibility index (Phi) is 1.99. The van der Waals surface area contributed by atoms with Gasteiger partial charge < -0.3 is 0 Å². The molecule has 11 heavy (non-hydrogen) atoms. The van der Waals surface area contributed by atoms with Crippen molar-refractivity contribution in [3.05, 3.63) is 28.6 Å². The fourth-order valence-corrected chi connectivity index (χ4v) is 1.32. The number of hydrogen-bond acceptors (Lipinski definition) is 0. The fourth-order valence-electron chi connectivity index (χ4n) is 1.32. The third kappa shape index (κ3) is 1.28. The van der Waals surface area contributed by atoms with Crippen LogP contribution in [0.5, 0.6) is 0 Å². The van der Waals surface area contributed by atoms with Crippen molar-refractivity contribution in [3.8, 4) is 0 Å². The Labute approximate surface area is 68.7 Å². The van der Waals surface area contributed by atoms with Crippen LogP contribution in [0.3, 0.4) is 0 Å². The number of nitrogens with zero attached hydrogens (tertiary/aromatic N) is 1. The molecule has 0 spiro atoms.